The van der Waals surface area contributed by atoms with Gasteiger partial charge in [-0.25, -0.2) is 0 Å². The maximum atomic E-state index is 4.19. The average molecular weight is 361 g/mol. The topological polar surface area (TPSA) is 0 Å². The van der Waals surface area contributed by atoms with Crippen molar-refractivity contribution in [1.29, 1.82) is 0 Å². The summed E-state index contributed by atoms with van der Waals surface area (Å²) in [5, 5.41) is 2.53. The first-order valence-corrected chi connectivity index (χ1v) is 9.71. The van der Waals surface area contributed by atoms with Crippen molar-refractivity contribution >= 4 is 22.9 Å². The first-order chi connectivity index (χ1) is 13.7. The molecule has 0 radical (unpaired) electrons. The summed E-state index contributed by atoms with van der Waals surface area (Å²) in [6.07, 6.45) is 6.34. The van der Waals surface area contributed by atoms with E-state index in [9.17, 15) is 0 Å². The normalized spacial score (nSPS) is 11.2. The fraction of sp³-hybridized carbons (Fsp3) is 0.0714. The third-order valence-electron chi connectivity index (χ3n) is 5.20. The highest BCUT2D eigenvalue weighted by molar-refractivity contribution is 6.11. The van der Waals surface area contributed by atoms with E-state index in [2.05, 4.69) is 111 Å². The van der Waals surface area contributed by atoms with E-state index in [1.807, 2.05) is 6.08 Å². The summed E-state index contributed by atoms with van der Waals surface area (Å²) in [7, 11) is 0. The highest BCUT2D eigenvalue weighted by Crippen LogP contribution is 2.43. The number of allylic oxidation sites excluding steroid dienone is 1. The fourth-order valence-electron chi connectivity index (χ4n) is 4.06. The van der Waals surface area contributed by atoms with Gasteiger partial charge in [-0.15, -0.1) is 0 Å². The van der Waals surface area contributed by atoms with E-state index in [4.69, 9.17) is 0 Å². The lowest BCUT2D eigenvalue weighted by atomic mass is 9.83. The van der Waals surface area contributed by atoms with Crippen LogP contribution in [0.5, 0.6) is 0 Å². The van der Waals surface area contributed by atoms with Crippen LogP contribution >= 0.6 is 0 Å². The third kappa shape index (κ3) is 3.08. The molecular formula is C28H24. The van der Waals surface area contributed by atoms with Crippen LogP contribution < -0.4 is 0 Å². The third-order valence-corrected chi connectivity index (χ3v) is 5.20. The molecule has 0 heteroatoms. The Hall–Kier alpha value is -3.38. The van der Waals surface area contributed by atoms with Gasteiger partial charge in [-0.3, -0.25) is 0 Å². The predicted octanol–water partition coefficient (Wildman–Crippen LogP) is 8.16. The van der Waals surface area contributed by atoms with E-state index in [0.717, 1.165) is 0 Å². The van der Waals surface area contributed by atoms with Crippen LogP contribution in [-0.2, 0) is 0 Å². The van der Waals surface area contributed by atoms with Crippen molar-refractivity contribution < 1.29 is 0 Å². The average Bonchev–Trinajstić information content (AvgIpc) is 2.73. The SMILES string of the molecule is C=Cc1c(/C=C\C)c(-c2cccc(C)c2)c2ccccc2c1-c1ccccc1. The number of rotatable bonds is 4. The standard InChI is InChI=1S/C28H24/c1-4-12-24-23(5-2)27(21-14-7-6-8-15-21)25-17-9-10-18-26(25)28(24)22-16-11-13-20(3)19-22/h4-19H,2H2,1,3H3/b12-4-. The molecule has 0 atom stereocenters. The first kappa shape index (κ1) is 18.0. The number of aryl methyl sites for hydroxylation is 1. The van der Waals surface area contributed by atoms with Gasteiger partial charge in [0, 0.05) is 0 Å². The fourth-order valence-corrected chi connectivity index (χ4v) is 4.06. The van der Waals surface area contributed by atoms with Gasteiger partial charge in [-0.05, 0) is 58.0 Å². The zero-order valence-electron chi connectivity index (χ0n) is 16.4. The number of fused-ring (bicyclic) bond motifs is 1. The molecule has 0 bridgehead atoms. The summed E-state index contributed by atoms with van der Waals surface area (Å²) in [6.45, 7) is 8.41. The largest absolute Gasteiger partial charge is 0.0984 e. The highest BCUT2D eigenvalue weighted by atomic mass is 14.2. The van der Waals surface area contributed by atoms with Crippen LogP contribution in [0.3, 0.4) is 0 Å². The van der Waals surface area contributed by atoms with Crippen LogP contribution in [0.15, 0.2) is 91.5 Å². The van der Waals surface area contributed by atoms with Gasteiger partial charge in [0.2, 0.25) is 0 Å². The quantitative estimate of drug-likeness (QED) is 0.344. The Bertz CT molecular complexity index is 1180. The van der Waals surface area contributed by atoms with Gasteiger partial charge in [0.15, 0.2) is 0 Å². The molecule has 0 aliphatic heterocycles. The summed E-state index contributed by atoms with van der Waals surface area (Å²) >= 11 is 0. The molecule has 0 nitrogen and oxygen atoms in total. The predicted molar refractivity (Wildman–Crippen MR) is 124 cm³/mol. The zero-order valence-corrected chi connectivity index (χ0v) is 16.4. The minimum atomic E-state index is 1.18. The van der Waals surface area contributed by atoms with Gasteiger partial charge in [0.25, 0.3) is 0 Å². The molecule has 0 saturated heterocycles. The Morgan fingerprint density at radius 1 is 0.679 bits per heavy atom. The van der Waals surface area contributed by atoms with Gasteiger partial charge in [-0.2, -0.15) is 0 Å². The van der Waals surface area contributed by atoms with E-state index in [-0.39, 0.29) is 0 Å². The summed E-state index contributed by atoms with van der Waals surface area (Å²) in [6, 6.07) is 28.1. The van der Waals surface area contributed by atoms with Crippen LogP contribution in [0.4, 0.5) is 0 Å². The van der Waals surface area contributed by atoms with E-state index in [1.165, 1.54) is 49.7 Å². The molecule has 0 aliphatic carbocycles. The van der Waals surface area contributed by atoms with Crippen LogP contribution in [0.1, 0.15) is 23.6 Å². The number of benzene rings is 4. The molecule has 4 aromatic rings. The Morgan fingerprint density at radius 3 is 1.89 bits per heavy atom. The lowest BCUT2D eigenvalue weighted by molar-refractivity contribution is 1.47. The molecule has 0 saturated carbocycles. The molecule has 28 heavy (non-hydrogen) atoms. The van der Waals surface area contributed by atoms with E-state index in [0.29, 0.717) is 0 Å². The monoisotopic (exact) mass is 360 g/mol. The molecule has 0 amide bonds. The van der Waals surface area contributed by atoms with Crippen molar-refractivity contribution in [3.05, 3.63) is 108 Å². The van der Waals surface area contributed by atoms with E-state index < -0.39 is 0 Å². The van der Waals surface area contributed by atoms with Gasteiger partial charge in [-0.1, -0.05) is 109 Å². The summed E-state index contributed by atoms with van der Waals surface area (Å²) < 4.78 is 0. The summed E-state index contributed by atoms with van der Waals surface area (Å²) in [5.41, 5.74) is 8.64. The van der Waals surface area contributed by atoms with Gasteiger partial charge in [0.05, 0.1) is 0 Å². The summed E-state index contributed by atoms with van der Waals surface area (Å²) in [5.74, 6) is 0. The molecule has 0 fully saturated rings. The molecule has 0 N–H and O–H groups in total. The molecule has 136 valence electrons. The van der Waals surface area contributed by atoms with E-state index in [1.54, 1.807) is 0 Å². The Morgan fingerprint density at radius 2 is 1.29 bits per heavy atom. The first-order valence-electron chi connectivity index (χ1n) is 9.71. The second kappa shape index (κ2) is 7.70. The maximum absolute atomic E-state index is 4.19. The van der Waals surface area contributed by atoms with Crippen LogP contribution in [-0.4, -0.2) is 0 Å². The van der Waals surface area contributed by atoms with E-state index >= 15 is 0 Å². The summed E-state index contributed by atoms with van der Waals surface area (Å²) in [4.78, 5) is 0. The minimum absolute atomic E-state index is 1.18. The van der Waals surface area contributed by atoms with Gasteiger partial charge < -0.3 is 0 Å². The highest BCUT2D eigenvalue weighted by Gasteiger charge is 2.18. The van der Waals surface area contributed by atoms with Crippen molar-refractivity contribution in [2.24, 2.45) is 0 Å². The second-order valence-electron chi connectivity index (χ2n) is 7.06. The minimum Gasteiger partial charge on any atom is -0.0984 e. The number of hydrogen-bond acceptors (Lipinski definition) is 0. The van der Waals surface area contributed by atoms with Crippen molar-refractivity contribution in [2.75, 3.05) is 0 Å². The van der Waals surface area contributed by atoms with Crippen molar-refractivity contribution in [3.8, 4) is 22.3 Å². The maximum Gasteiger partial charge on any atom is -0.00264 e. The van der Waals surface area contributed by atoms with Crippen LogP contribution in [0, 0.1) is 6.92 Å². The lowest BCUT2D eigenvalue weighted by Crippen LogP contribution is -1.96. The molecule has 0 unspecified atom stereocenters. The number of hydrogen-bond donors (Lipinski definition) is 0. The Balaban J connectivity index is 2.23. The van der Waals surface area contributed by atoms with Crippen LogP contribution in [0.25, 0.3) is 45.2 Å². The lowest BCUT2D eigenvalue weighted by Gasteiger charge is -2.20. The molecule has 0 aliphatic rings. The smallest absolute Gasteiger partial charge is 0.00264 e. The van der Waals surface area contributed by atoms with Gasteiger partial charge >= 0.3 is 0 Å². The Labute approximate surface area is 167 Å². The zero-order chi connectivity index (χ0) is 19.5. The van der Waals surface area contributed by atoms with Crippen molar-refractivity contribution in [2.45, 2.75) is 13.8 Å². The molecule has 4 aromatic carbocycles. The van der Waals surface area contributed by atoms with Crippen LogP contribution in [0.2, 0.25) is 0 Å². The second-order valence-corrected chi connectivity index (χ2v) is 7.06. The molecule has 4 rings (SSSR count). The molecule has 0 heterocycles. The molecule has 0 aromatic heterocycles. The van der Waals surface area contributed by atoms with Gasteiger partial charge in [0.1, 0.15) is 0 Å². The Kier molecular flexibility index (Phi) is 4.95. The van der Waals surface area contributed by atoms with Crippen molar-refractivity contribution in [1.82, 2.24) is 0 Å². The molecular weight excluding hydrogens is 336 g/mol. The molecule has 0 spiro atoms. The van der Waals surface area contributed by atoms with Crippen molar-refractivity contribution in [3.63, 3.8) is 0 Å².